The van der Waals surface area contributed by atoms with Crippen molar-refractivity contribution in [3.63, 3.8) is 0 Å². The molecule has 0 atom stereocenters. The summed E-state index contributed by atoms with van der Waals surface area (Å²) >= 11 is 0. The van der Waals surface area contributed by atoms with Crippen molar-refractivity contribution in [2.45, 2.75) is 0 Å². The standard InChI is InChI=1S/2C19H12N2O3.Cu/c2*22-15-5-1-4-13(16(15)19(23)24)14-9-8-12-7-6-11-3-2-10-20-17(11)18(12)21-14;/h2*1-10,22H,(H,23,24);. The SMILES string of the molecule is O=C(O)c1c(O)cccc1-c1ccc2ccc3cccnc3c2n1.O=C(O)c1c(O)cccc1-c1ccc2ccc3cccnc3c2n1.[Cu]. The Bertz CT molecular complexity index is 2400. The number of nitrogens with zero attached hydrogens (tertiary/aromatic N) is 4. The summed E-state index contributed by atoms with van der Waals surface area (Å²) in [5, 5.41) is 42.3. The Hall–Kier alpha value is -6.42. The molecule has 8 rings (SSSR count). The number of hydrogen-bond acceptors (Lipinski definition) is 8. The molecule has 0 fully saturated rings. The minimum atomic E-state index is -1.19. The Kier molecular flexibility index (Phi) is 8.87. The Morgan fingerprint density at radius 3 is 1.20 bits per heavy atom. The average Bonchev–Trinajstić information content (AvgIpc) is 3.10. The summed E-state index contributed by atoms with van der Waals surface area (Å²) in [7, 11) is 0. The molecule has 0 saturated heterocycles. The fourth-order valence-electron chi connectivity index (χ4n) is 5.70. The van der Waals surface area contributed by atoms with Crippen LogP contribution < -0.4 is 0 Å². The van der Waals surface area contributed by atoms with E-state index in [1.165, 1.54) is 12.1 Å². The number of carboxylic acid groups (broad SMARTS) is 2. The van der Waals surface area contributed by atoms with Crippen LogP contribution in [0.4, 0.5) is 0 Å². The Balaban J connectivity index is 0.000000167. The van der Waals surface area contributed by atoms with Gasteiger partial charge in [0.05, 0.1) is 33.5 Å². The van der Waals surface area contributed by atoms with Gasteiger partial charge >= 0.3 is 11.9 Å². The van der Waals surface area contributed by atoms with Gasteiger partial charge in [-0.1, -0.05) is 72.8 Å². The van der Waals surface area contributed by atoms with Gasteiger partial charge in [-0.25, -0.2) is 19.6 Å². The zero-order valence-corrected chi connectivity index (χ0v) is 26.2. The van der Waals surface area contributed by atoms with Crippen LogP contribution in [0.1, 0.15) is 20.7 Å². The first kappa shape index (κ1) is 32.5. The first-order chi connectivity index (χ1) is 23.3. The molecule has 0 aliphatic rings. The predicted octanol–water partition coefficient (Wildman–Crippen LogP) is 7.71. The van der Waals surface area contributed by atoms with Crippen LogP contribution in [0.3, 0.4) is 0 Å². The fourth-order valence-corrected chi connectivity index (χ4v) is 5.70. The summed E-state index contributed by atoms with van der Waals surface area (Å²) in [6.45, 7) is 0. The zero-order valence-electron chi connectivity index (χ0n) is 25.2. The molecule has 4 heterocycles. The van der Waals surface area contributed by atoms with Crippen LogP contribution in [0.25, 0.3) is 66.1 Å². The number of carboxylic acids is 2. The maximum absolute atomic E-state index is 11.5. The number of aromatic hydroxyl groups is 2. The average molecular weight is 696 g/mol. The molecule has 10 nitrogen and oxygen atoms in total. The van der Waals surface area contributed by atoms with E-state index >= 15 is 0 Å². The third kappa shape index (κ3) is 6.07. The summed E-state index contributed by atoms with van der Waals surface area (Å²) in [5.74, 6) is -2.95. The van der Waals surface area contributed by atoms with Crippen LogP contribution in [-0.2, 0) is 17.1 Å². The fraction of sp³-hybridized carbons (Fsp3) is 0. The van der Waals surface area contributed by atoms with E-state index in [1.54, 1.807) is 48.8 Å². The van der Waals surface area contributed by atoms with E-state index in [9.17, 15) is 30.0 Å². The first-order valence-electron chi connectivity index (χ1n) is 14.7. The molecule has 243 valence electrons. The Morgan fingerprint density at radius 1 is 0.449 bits per heavy atom. The van der Waals surface area contributed by atoms with Crippen molar-refractivity contribution in [3.8, 4) is 34.0 Å². The van der Waals surface area contributed by atoms with Crippen LogP contribution in [0, 0.1) is 0 Å². The van der Waals surface area contributed by atoms with E-state index < -0.39 is 11.9 Å². The second kappa shape index (κ2) is 13.4. The van der Waals surface area contributed by atoms with E-state index in [-0.39, 0.29) is 39.7 Å². The van der Waals surface area contributed by atoms with Crippen molar-refractivity contribution in [1.82, 2.24) is 19.9 Å². The maximum atomic E-state index is 11.5. The minimum absolute atomic E-state index is 0. The number of fused-ring (bicyclic) bond motifs is 6. The van der Waals surface area contributed by atoms with Gasteiger partial charge in [0.15, 0.2) is 0 Å². The number of aromatic carboxylic acids is 2. The first-order valence-corrected chi connectivity index (χ1v) is 14.7. The van der Waals surface area contributed by atoms with Gasteiger partial charge < -0.3 is 20.4 Å². The van der Waals surface area contributed by atoms with E-state index in [0.717, 1.165) is 32.6 Å². The molecule has 4 N–H and O–H groups in total. The van der Waals surface area contributed by atoms with Crippen molar-refractivity contribution in [2.24, 2.45) is 0 Å². The number of aromatic nitrogens is 4. The molecule has 0 saturated carbocycles. The summed E-state index contributed by atoms with van der Waals surface area (Å²) in [5.41, 5.74) is 4.31. The summed E-state index contributed by atoms with van der Waals surface area (Å²) < 4.78 is 0. The van der Waals surface area contributed by atoms with Crippen molar-refractivity contribution >= 4 is 55.6 Å². The third-order valence-electron chi connectivity index (χ3n) is 7.93. The van der Waals surface area contributed by atoms with Gasteiger partial charge in [0.2, 0.25) is 0 Å². The molecule has 4 aromatic heterocycles. The van der Waals surface area contributed by atoms with Crippen LogP contribution >= 0.6 is 0 Å². The van der Waals surface area contributed by atoms with Crippen LogP contribution in [0.5, 0.6) is 11.5 Å². The quantitative estimate of drug-likeness (QED) is 0.106. The molecule has 4 aromatic carbocycles. The van der Waals surface area contributed by atoms with Gasteiger partial charge in [-0.3, -0.25) is 9.97 Å². The van der Waals surface area contributed by atoms with Gasteiger partial charge in [0, 0.05) is 62.1 Å². The topological polar surface area (TPSA) is 167 Å². The van der Waals surface area contributed by atoms with Crippen LogP contribution in [0.15, 0.2) is 122 Å². The van der Waals surface area contributed by atoms with Gasteiger partial charge in [0.1, 0.15) is 22.6 Å². The molecule has 1 radical (unpaired) electrons. The number of rotatable bonds is 4. The zero-order chi connectivity index (χ0) is 33.4. The van der Waals surface area contributed by atoms with E-state index in [0.29, 0.717) is 33.5 Å². The van der Waals surface area contributed by atoms with E-state index in [1.807, 2.05) is 60.7 Å². The molecule has 0 amide bonds. The van der Waals surface area contributed by atoms with Crippen molar-refractivity contribution in [3.05, 3.63) is 133 Å². The maximum Gasteiger partial charge on any atom is 0.340 e. The second-order valence-electron chi connectivity index (χ2n) is 10.8. The number of pyridine rings is 4. The largest absolute Gasteiger partial charge is 0.507 e. The minimum Gasteiger partial charge on any atom is -0.507 e. The molecule has 8 aromatic rings. The molecule has 11 heteroatoms. The monoisotopic (exact) mass is 695 g/mol. The molecule has 0 aliphatic heterocycles. The molecule has 49 heavy (non-hydrogen) atoms. The normalized spacial score (nSPS) is 10.8. The number of hydrogen-bond donors (Lipinski definition) is 4. The molecule has 0 bridgehead atoms. The smallest absolute Gasteiger partial charge is 0.340 e. The van der Waals surface area contributed by atoms with Gasteiger partial charge in [-0.15, -0.1) is 0 Å². The van der Waals surface area contributed by atoms with Crippen molar-refractivity contribution < 1.29 is 47.1 Å². The van der Waals surface area contributed by atoms with Crippen LogP contribution in [0.2, 0.25) is 0 Å². The predicted molar refractivity (Wildman–Crippen MR) is 182 cm³/mol. The summed E-state index contributed by atoms with van der Waals surface area (Å²) in [4.78, 5) is 41.0. The number of benzene rings is 4. The number of phenols is 2. The summed E-state index contributed by atoms with van der Waals surface area (Å²) in [6.07, 6.45) is 3.40. The van der Waals surface area contributed by atoms with Crippen LogP contribution in [-0.4, -0.2) is 52.3 Å². The number of carbonyl (C=O) groups is 2. The van der Waals surface area contributed by atoms with Crippen molar-refractivity contribution in [1.29, 1.82) is 0 Å². The Labute approximate surface area is 288 Å². The van der Waals surface area contributed by atoms with E-state index in [2.05, 4.69) is 19.9 Å². The molecule has 0 aliphatic carbocycles. The Morgan fingerprint density at radius 2 is 0.816 bits per heavy atom. The molecule has 0 spiro atoms. The van der Waals surface area contributed by atoms with Crippen molar-refractivity contribution in [2.75, 3.05) is 0 Å². The second-order valence-corrected chi connectivity index (χ2v) is 10.8. The van der Waals surface area contributed by atoms with E-state index in [4.69, 9.17) is 0 Å². The molecular formula is C38H24CuN4O6. The van der Waals surface area contributed by atoms with Gasteiger partial charge in [0.25, 0.3) is 0 Å². The summed E-state index contributed by atoms with van der Waals surface area (Å²) in [6, 6.07) is 31.9. The van der Waals surface area contributed by atoms with Gasteiger partial charge in [-0.2, -0.15) is 0 Å². The molecular weight excluding hydrogens is 672 g/mol. The van der Waals surface area contributed by atoms with Gasteiger partial charge in [-0.05, 0) is 36.4 Å². The third-order valence-corrected chi connectivity index (χ3v) is 7.93. The molecule has 0 unspecified atom stereocenters.